The van der Waals surface area contributed by atoms with E-state index >= 15 is 0 Å². The number of carbonyl (C=O) groups is 1. The zero-order valence-electron chi connectivity index (χ0n) is 23.3. The molecule has 6 nitrogen and oxygen atoms in total. The molecule has 0 aliphatic heterocycles. The van der Waals surface area contributed by atoms with Gasteiger partial charge in [-0.3, -0.25) is 0 Å². The molecule has 0 spiro atoms. The first-order chi connectivity index (χ1) is 16.1. The molecule has 3 unspecified atom stereocenters. The molecule has 1 rings (SSSR count). The zero-order chi connectivity index (χ0) is 26.9. The van der Waals surface area contributed by atoms with Gasteiger partial charge in [0, 0.05) is 6.54 Å². The number of anilines is 1. The Kier molecular flexibility index (Phi) is 12.2. The lowest BCUT2D eigenvalue weighted by atomic mass is 9.70. The van der Waals surface area contributed by atoms with Gasteiger partial charge in [-0.05, 0) is 60.0 Å². The first kappa shape index (κ1) is 31.4. The summed E-state index contributed by atoms with van der Waals surface area (Å²) in [5.74, 6) is 1.12. The molecule has 1 aromatic rings. The lowest BCUT2D eigenvalue weighted by molar-refractivity contribution is 0.147. The van der Waals surface area contributed by atoms with E-state index in [-0.39, 0.29) is 29.0 Å². The number of nitrogens with zero attached hydrogens (tertiary/aromatic N) is 1. The van der Waals surface area contributed by atoms with E-state index in [9.17, 15) is 18.3 Å². The highest BCUT2D eigenvalue weighted by molar-refractivity contribution is 7.91. The number of para-hydroxylation sites is 1. The number of benzene rings is 1. The molecule has 202 valence electrons. The lowest BCUT2D eigenvalue weighted by Crippen LogP contribution is -2.46. The molecule has 2 N–H and O–H groups in total. The van der Waals surface area contributed by atoms with E-state index in [2.05, 4.69) is 60.1 Å². The number of nitrogens with one attached hydrogen (secondary N) is 1. The van der Waals surface area contributed by atoms with E-state index in [1.165, 1.54) is 44.2 Å². The van der Waals surface area contributed by atoms with Gasteiger partial charge in [-0.2, -0.15) is 17.4 Å². The molecule has 0 heterocycles. The predicted octanol–water partition coefficient (Wildman–Crippen LogP) is 7.72. The fourth-order valence-corrected chi connectivity index (χ4v) is 5.86. The van der Waals surface area contributed by atoms with Crippen LogP contribution in [0.1, 0.15) is 100 Å². The molecule has 1 amide bonds. The Morgan fingerprint density at radius 3 is 1.97 bits per heavy atom. The third-order valence-corrected chi connectivity index (χ3v) is 8.53. The fourth-order valence-electron chi connectivity index (χ4n) is 4.72. The van der Waals surface area contributed by atoms with E-state index in [1.807, 2.05) is 0 Å². The third kappa shape index (κ3) is 10.9. The number of hydrogen-bond donors (Lipinski definition) is 2. The van der Waals surface area contributed by atoms with Gasteiger partial charge in [-0.25, -0.2) is 4.79 Å². The average Bonchev–Trinajstić information content (AvgIpc) is 2.72. The van der Waals surface area contributed by atoms with Crippen LogP contribution in [0.3, 0.4) is 0 Å². The van der Waals surface area contributed by atoms with Crippen LogP contribution in [0.4, 0.5) is 10.5 Å². The standard InChI is InChI=1S/C28H50N2O4S/c1-9-10-11-13-16-23(27(3,4)5)19-22(2)20-24(28(6,7)8)21-29-35(33,34)30(26(31)32)25-17-14-12-15-18-25/h12,14-15,17-18,22-24,29H,9-11,13,16,19-21H2,1-8H3,(H,31,32). The molecule has 0 bridgehead atoms. The Morgan fingerprint density at radius 2 is 1.49 bits per heavy atom. The third-order valence-electron chi connectivity index (χ3n) is 7.15. The maximum Gasteiger partial charge on any atom is 0.426 e. The van der Waals surface area contributed by atoms with Crippen molar-refractivity contribution in [3.05, 3.63) is 30.3 Å². The van der Waals surface area contributed by atoms with Crippen LogP contribution in [-0.4, -0.2) is 26.2 Å². The number of hydrogen-bond acceptors (Lipinski definition) is 3. The summed E-state index contributed by atoms with van der Waals surface area (Å²) < 4.78 is 29.0. The van der Waals surface area contributed by atoms with E-state index in [0.29, 0.717) is 16.1 Å². The number of amides is 1. The molecule has 0 saturated heterocycles. The second kappa shape index (κ2) is 13.6. The molecule has 0 radical (unpaired) electrons. The maximum atomic E-state index is 13.0. The summed E-state index contributed by atoms with van der Waals surface area (Å²) in [6.45, 7) is 18.0. The molecule has 0 fully saturated rings. The van der Waals surface area contributed by atoms with Gasteiger partial charge in [-0.1, -0.05) is 99.3 Å². The van der Waals surface area contributed by atoms with Crippen molar-refractivity contribution >= 4 is 22.0 Å². The fraction of sp³-hybridized carbons (Fsp3) is 0.750. The second-order valence-electron chi connectivity index (χ2n) is 12.3. The quantitative estimate of drug-likeness (QED) is 0.251. The Labute approximate surface area is 215 Å². The Morgan fingerprint density at radius 1 is 0.943 bits per heavy atom. The Balaban J connectivity index is 2.92. The highest BCUT2D eigenvalue weighted by atomic mass is 32.2. The summed E-state index contributed by atoms with van der Waals surface area (Å²) in [5.41, 5.74) is 0.205. The summed E-state index contributed by atoms with van der Waals surface area (Å²) in [5, 5.41) is 9.62. The SMILES string of the molecule is CCCCCCC(CC(C)CC(CNS(=O)(=O)N(C(=O)O)c1ccccc1)C(C)(C)C)C(C)(C)C. The minimum absolute atomic E-state index is 0.0689. The van der Waals surface area contributed by atoms with Gasteiger partial charge in [0.05, 0.1) is 5.69 Å². The molecule has 0 aliphatic rings. The van der Waals surface area contributed by atoms with Gasteiger partial charge in [0.1, 0.15) is 0 Å². The largest absolute Gasteiger partial charge is 0.464 e. The lowest BCUT2D eigenvalue weighted by Gasteiger charge is -2.37. The summed E-state index contributed by atoms with van der Waals surface area (Å²) in [6, 6.07) is 7.91. The van der Waals surface area contributed by atoms with E-state index in [0.717, 1.165) is 12.8 Å². The monoisotopic (exact) mass is 510 g/mol. The Hall–Kier alpha value is -1.60. The molecule has 0 saturated carbocycles. The van der Waals surface area contributed by atoms with Crippen LogP contribution in [0.25, 0.3) is 0 Å². The molecule has 1 aromatic carbocycles. The second-order valence-corrected chi connectivity index (χ2v) is 13.9. The van der Waals surface area contributed by atoms with Crippen LogP contribution in [0, 0.1) is 28.6 Å². The first-order valence-electron chi connectivity index (χ1n) is 13.2. The van der Waals surface area contributed by atoms with E-state index < -0.39 is 16.3 Å². The van der Waals surface area contributed by atoms with E-state index in [1.54, 1.807) is 18.2 Å². The minimum Gasteiger partial charge on any atom is -0.464 e. The molecule has 0 aromatic heterocycles. The number of unbranched alkanes of at least 4 members (excludes halogenated alkanes) is 3. The molecular formula is C28H50N2O4S. The number of carboxylic acid groups (broad SMARTS) is 1. The van der Waals surface area contributed by atoms with Gasteiger partial charge < -0.3 is 5.11 Å². The van der Waals surface area contributed by atoms with Crippen LogP contribution in [-0.2, 0) is 10.2 Å². The van der Waals surface area contributed by atoms with Crippen LogP contribution in [0.2, 0.25) is 0 Å². The summed E-state index contributed by atoms with van der Waals surface area (Å²) in [4.78, 5) is 11.8. The molecule has 35 heavy (non-hydrogen) atoms. The molecule has 3 atom stereocenters. The molecule has 0 aliphatic carbocycles. The maximum absolute atomic E-state index is 13.0. The zero-order valence-corrected chi connectivity index (χ0v) is 24.1. The minimum atomic E-state index is -4.25. The molecule has 7 heteroatoms. The van der Waals surface area contributed by atoms with Gasteiger partial charge >= 0.3 is 16.3 Å². The van der Waals surface area contributed by atoms with Crippen molar-refractivity contribution in [3.8, 4) is 0 Å². The van der Waals surface area contributed by atoms with Crippen molar-refractivity contribution in [1.82, 2.24) is 4.72 Å². The van der Waals surface area contributed by atoms with Crippen molar-refractivity contribution in [3.63, 3.8) is 0 Å². The van der Waals surface area contributed by atoms with Gasteiger partial charge in [0.25, 0.3) is 0 Å². The van der Waals surface area contributed by atoms with Gasteiger partial charge in [0.15, 0.2) is 0 Å². The first-order valence-corrected chi connectivity index (χ1v) is 14.6. The van der Waals surface area contributed by atoms with Crippen molar-refractivity contribution in [2.45, 2.75) is 100 Å². The number of rotatable bonds is 14. The highest BCUT2D eigenvalue weighted by Crippen LogP contribution is 2.39. The molecular weight excluding hydrogens is 460 g/mol. The van der Waals surface area contributed by atoms with Crippen LogP contribution in [0.5, 0.6) is 0 Å². The van der Waals surface area contributed by atoms with Crippen LogP contribution in [0.15, 0.2) is 30.3 Å². The normalized spacial score (nSPS) is 15.4. The van der Waals surface area contributed by atoms with Crippen molar-refractivity contribution in [1.29, 1.82) is 0 Å². The van der Waals surface area contributed by atoms with Gasteiger partial charge in [-0.15, -0.1) is 0 Å². The smallest absolute Gasteiger partial charge is 0.426 e. The highest BCUT2D eigenvalue weighted by Gasteiger charge is 2.34. The van der Waals surface area contributed by atoms with Crippen molar-refractivity contribution < 1.29 is 18.3 Å². The summed E-state index contributed by atoms with van der Waals surface area (Å²) >= 11 is 0. The van der Waals surface area contributed by atoms with Crippen LogP contribution < -0.4 is 9.03 Å². The van der Waals surface area contributed by atoms with Crippen molar-refractivity contribution in [2.75, 3.05) is 10.8 Å². The topological polar surface area (TPSA) is 86.7 Å². The predicted molar refractivity (Wildman–Crippen MR) is 147 cm³/mol. The summed E-state index contributed by atoms with van der Waals surface area (Å²) in [6.07, 6.45) is 6.76. The summed E-state index contributed by atoms with van der Waals surface area (Å²) in [7, 11) is -4.25. The Bertz CT molecular complexity index is 857. The average molecular weight is 511 g/mol. The van der Waals surface area contributed by atoms with Crippen molar-refractivity contribution in [2.24, 2.45) is 28.6 Å². The van der Waals surface area contributed by atoms with E-state index in [4.69, 9.17) is 0 Å². The van der Waals surface area contributed by atoms with Gasteiger partial charge in [0.2, 0.25) is 0 Å². The van der Waals surface area contributed by atoms with Crippen LogP contribution >= 0.6 is 0 Å².